The van der Waals surface area contributed by atoms with Crippen LogP contribution in [0.2, 0.25) is 5.04 Å². The quantitative estimate of drug-likeness (QED) is 0.0898. The van der Waals surface area contributed by atoms with Crippen LogP contribution in [-0.4, -0.2) is 83.1 Å². The average molecular weight is 842 g/mol. The number of carbonyl (C=O) groups excluding carboxylic acids is 2. The molecule has 0 aromatic heterocycles. The Morgan fingerprint density at radius 3 is 1.85 bits per heavy atom. The van der Waals surface area contributed by atoms with Crippen molar-refractivity contribution in [3.05, 3.63) is 156 Å². The molecule has 2 heterocycles. The van der Waals surface area contributed by atoms with E-state index in [9.17, 15) is 9.59 Å². The number of esters is 1. The van der Waals surface area contributed by atoms with Crippen LogP contribution in [0.1, 0.15) is 57.2 Å². The van der Waals surface area contributed by atoms with Gasteiger partial charge < -0.3 is 38.2 Å². The summed E-state index contributed by atoms with van der Waals surface area (Å²) in [6.45, 7) is 10.8. The summed E-state index contributed by atoms with van der Waals surface area (Å²) in [5.74, 6) is -1.75. The maximum atomic E-state index is 13.7. The molecule has 5 atom stereocenters. The van der Waals surface area contributed by atoms with Crippen molar-refractivity contribution in [2.45, 2.75) is 88.4 Å². The van der Waals surface area contributed by atoms with E-state index in [-0.39, 0.29) is 44.0 Å². The van der Waals surface area contributed by atoms with Crippen molar-refractivity contribution in [3.63, 3.8) is 0 Å². The fraction of sp³-hybridized carbons (Fsp3) is 0.360. The molecule has 5 aromatic carbocycles. The third kappa shape index (κ3) is 9.09. The lowest BCUT2D eigenvalue weighted by Crippen LogP contribution is -2.67. The molecule has 0 radical (unpaired) electrons. The third-order valence-corrected chi connectivity index (χ3v) is 16.9. The van der Waals surface area contributed by atoms with Gasteiger partial charge in [-0.25, -0.2) is 9.59 Å². The summed E-state index contributed by atoms with van der Waals surface area (Å²) in [7, 11) is -2.88. The smallest absolute Gasteiger partial charge is 0.407 e. The highest BCUT2D eigenvalue weighted by atomic mass is 28.4. The average Bonchev–Trinajstić information content (AvgIpc) is 3.78. The molecule has 2 saturated heterocycles. The number of hydrogen-bond donors (Lipinski definition) is 1. The van der Waals surface area contributed by atoms with Gasteiger partial charge in [0.25, 0.3) is 8.32 Å². The van der Waals surface area contributed by atoms with E-state index in [4.69, 9.17) is 32.8 Å². The molecular weight excluding hydrogens is 787 g/mol. The highest BCUT2D eigenvalue weighted by Gasteiger charge is 2.55. The lowest BCUT2D eigenvalue weighted by molar-refractivity contribution is -0.176. The molecule has 11 heteroatoms. The minimum Gasteiger partial charge on any atom is -0.459 e. The van der Waals surface area contributed by atoms with Crippen molar-refractivity contribution in [3.8, 4) is 11.1 Å². The zero-order valence-electron chi connectivity index (χ0n) is 35.5. The molecular formula is C50H55NO9Si. The largest absolute Gasteiger partial charge is 0.459 e. The van der Waals surface area contributed by atoms with Crippen LogP contribution in [0.5, 0.6) is 0 Å². The number of rotatable bonds is 14. The van der Waals surface area contributed by atoms with Gasteiger partial charge >= 0.3 is 12.1 Å². The number of nitrogens with one attached hydrogen (secondary N) is 1. The first-order valence-corrected chi connectivity index (χ1v) is 23.0. The van der Waals surface area contributed by atoms with Crippen LogP contribution in [0.15, 0.2) is 140 Å². The lowest BCUT2D eigenvalue weighted by Gasteiger charge is -2.45. The number of hydrogen-bond acceptors (Lipinski definition) is 9. The molecule has 2 aliphatic heterocycles. The van der Waals surface area contributed by atoms with Crippen LogP contribution in [0.3, 0.4) is 0 Å². The summed E-state index contributed by atoms with van der Waals surface area (Å²) in [4.78, 5) is 27.2. The zero-order valence-corrected chi connectivity index (χ0v) is 36.5. The van der Waals surface area contributed by atoms with E-state index >= 15 is 0 Å². The maximum Gasteiger partial charge on any atom is 0.407 e. The summed E-state index contributed by atoms with van der Waals surface area (Å²) in [5.41, 5.74) is 5.22. The molecule has 8 rings (SSSR count). The number of fused-ring (bicyclic) bond motifs is 4. The molecule has 0 bridgehead atoms. The van der Waals surface area contributed by atoms with Gasteiger partial charge in [0.05, 0.1) is 19.8 Å². The summed E-state index contributed by atoms with van der Waals surface area (Å²) in [5, 5.41) is 4.85. The van der Waals surface area contributed by atoms with Crippen molar-refractivity contribution >= 4 is 30.8 Å². The van der Waals surface area contributed by atoms with Gasteiger partial charge in [-0.2, -0.15) is 0 Å². The Morgan fingerprint density at radius 1 is 0.721 bits per heavy atom. The number of benzene rings is 5. The van der Waals surface area contributed by atoms with Crippen LogP contribution >= 0.6 is 0 Å². The first-order chi connectivity index (χ1) is 29.4. The highest BCUT2D eigenvalue weighted by molar-refractivity contribution is 6.99. The molecule has 318 valence electrons. The fourth-order valence-electron chi connectivity index (χ4n) is 9.06. The van der Waals surface area contributed by atoms with Gasteiger partial charge in [0.1, 0.15) is 37.6 Å². The first kappa shape index (κ1) is 42.5. The Kier molecular flexibility index (Phi) is 12.6. The van der Waals surface area contributed by atoms with Crippen molar-refractivity contribution < 1.29 is 42.4 Å². The Labute approximate surface area is 359 Å². The molecule has 1 amide bonds. The number of carbonyl (C=O) groups is 2. The Bertz CT molecular complexity index is 2180. The van der Waals surface area contributed by atoms with Gasteiger partial charge in [0.2, 0.25) is 0 Å². The van der Waals surface area contributed by atoms with E-state index in [1.807, 2.05) is 80.6 Å². The number of ether oxygens (including phenoxy) is 6. The molecule has 3 aliphatic rings. The van der Waals surface area contributed by atoms with Gasteiger partial charge in [0, 0.05) is 5.92 Å². The van der Waals surface area contributed by atoms with E-state index in [2.05, 4.69) is 98.9 Å². The van der Waals surface area contributed by atoms with E-state index in [1.54, 1.807) is 0 Å². The van der Waals surface area contributed by atoms with Crippen molar-refractivity contribution in [2.75, 3.05) is 26.4 Å². The predicted octanol–water partition coefficient (Wildman–Crippen LogP) is 7.52. The molecule has 0 saturated carbocycles. The lowest BCUT2D eigenvalue weighted by atomic mass is 9.98. The normalized spacial score (nSPS) is 21.1. The van der Waals surface area contributed by atoms with E-state index < -0.39 is 56.6 Å². The Morgan fingerprint density at radius 2 is 1.26 bits per heavy atom. The second kappa shape index (κ2) is 18.1. The molecule has 0 spiro atoms. The summed E-state index contributed by atoms with van der Waals surface area (Å²) in [6.07, 6.45) is -2.95. The molecule has 5 aromatic rings. The summed E-state index contributed by atoms with van der Waals surface area (Å²) < 4.78 is 44.8. The Balaban J connectivity index is 0.969. The molecule has 61 heavy (non-hydrogen) atoms. The standard InChI is InChI=1S/C50H55NO9Si/c1-49(2,3)61(35-21-11-7-12-22-35,36-23-13-8-14-24-36)58-33-44-46-45(59-50(4,5)60-46)43(32-55-44)54-31-42(47(52)56-29-34-19-9-6-10-20-34)51-48(53)57-30-41-39-27-17-15-25-37(39)38-26-16-18-28-40(38)41/h6-28,41-46H,29-33H2,1-5H3,(H,51,53)/t42-,43-,44+,45+,46-/m0/s1. The van der Waals surface area contributed by atoms with Gasteiger partial charge in [-0.3, -0.25) is 0 Å². The fourth-order valence-corrected chi connectivity index (χ4v) is 13.6. The van der Waals surface area contributed by atoms with Crippen molar-refractivity contribution in [1.29, 1.82) is 0 Å². The molecule has 10 nitrogen and oxygen atoms in total. The van der Waals surface area contributed by atoms with Crippen LogP contribution < -0.4 is 15.7 Å². The van der Waals surface area contributed by atoms with Crippen LogP contribution in [-0.2, 0) is 44.2 Å². The molecule has 2 fully saturated rings. The van der Waals surface area contributed by atoms with Crippen LogP contribution in [0.4, 0.5) is 4.79 Å². The van der Waals surface area contributed by atoms with Gasteiger partial charge in [-0.1, -0.05) is 160 Å². The van der Waals surface area contributed by atoms with Crippen molar-refractivity contribution in [2.24, 2.45) is 0 Å². The summed E-state index contributed by atoms with van der Waals surface area (Å²) in [6, 6.07) is 45.4. The van der Waals surface area contributed by atoms with Gasteiger partial charge in [0.15, 0.2) is 11.8 Å². The summed E-state index contributed by atoms with van der Waals surface area (Å²) >= 11 is 0. The second-order valence-electron chi connectivity index (χ2n) is 17.4. The van der Waals surface area contributed by atoms with E-state index in [1.165, 1.54) is 10.4 Å². The van der Waals surface area contributed by atoms with E-state index in [0.717, 1.165) is 27.8 Å². The minimum absolute atomic E-state index is 0.0257. The van der Waals surface area contributed by atoms with Crippen molar-refractivity contribution in [1.82, 2.24) is 5.32 Å². The number of amides is 1. The second-order valence-corrected chi connectivity index (χ2v) is 21.7. The number of alkyl carbamates (subject to hydrolysis) is 1. The highest BCUT2D eigenvalue weighted by Crippen LogP contribution is 2.45. The third-order valence-electron chi connectivity index (χ3n) is 11.9. The van der Waals surface area contributed by atoms with Crippen LogP contribution in [0.25, 0.3) is 11.1 Å². The minimum atomic E-state index is -2.88. The molecule has 1 aliphatic carbocycles. The molecule has 0 unspecified atom stereocenters. The van der Waals surface area contributed by atoms with E-state index in [0.29, 0.717) is 0 Å². The SMILES string of the molecule is CC1(C)O[C@@H]2[C@H](O1)[C@@H](OC[C@H](NC(=O)OCC1c3ccccc3-c3ccccc31)C(=O)OCc1ccccc1)CO[C@@H]2CO[Si](c1ccccc1)(c1ccccc1)C(C)(C)C. The first-order valence-electron chi connectivity index (χ1n) is 21.1. The Hall–Kier alpha value is -5.14. The molecule has 1 N–H and O–H groups in total. The monoisotopic (exact) mass is 841 g/mol. The maximum absolute atomic E-state index is 13.7. The van der Waals surface area contributed by atoms with Gasteiger partial charge in [-0.05, 0) is 57.1 Å². The zero-order chi connectivity index (χ0) is 42.6. The topological polar surface area (TPSA) is 111 Å². The predicted molar refractivity (Wildman–Crippen MR) is 235 cm³/mol. The van der Waals surface area contributed by atoms with Crippen LogP contribution in [0, 0.1) is 0 Å². The van der Waals surface area contributed by atoms with Gasteiger partial charge in [-0.15, -0.1) is 0 Å².